The number of carbonyl (C=O) groups excluding carboxylic acids is 1. The SMILES string of the molecule is COC(=O)Cn1ncc(N2CC(N)C2)c(Br)c1=O. The Morgan fingerprint density at radius 3 is 2.89 bits per heavy atom. The minimum Gasteiger partial charge on any atom is -0.468 e. The number of halogens is 1. The maximum absolute atomic E-state index is 12.0. The first-order valence-electron chi connectivity index (χ1n) is 5.36. The van der Waals surface area contributed by atoms with Crippen molar-refractivity contribution < 1.29 is 9.53 Å². The van der Waals surface area contributed by atoms with E-state index < -0.39 is 5.97 Å². The number of nitrogens with two attached hydrogens (primary N) is 1. The molecule has 98 valence electrons. The molecule has 0 aliphatic carbocycles. The average molecular weight is 317 g/mol. The molecule has 1 aliphatic rings. The van der Waals surface area contributed by atoms with Crippen molar-refractivity contribution in [3.05, 3.63) is 21.0 Å². The van der Waals surface area contributed by atoms with Gasteiger partial charge in [-0.05, 0) is 15.9 Å². The Balaban J connectivity index is 2.24. The van der Waals surface area contributed by atoms with Crippen molar-refractivity contribution in [1.82, 2.24) is 9.78 Å². The number of methoxy groups -OCH3 is 1. The van der Waals surface area contributed by atoms with Gasteiger partial charge in [0.1, 0.15) is 11.0 Å². The highest BCUT2D eigenvalue weighted by molar-refractivity contribution is 9.10. The van der Waals surface area contributed by atoms with Crippen LogP contribution in [0.4, 0.5) is 5.69 Å². The Morgan fingerprint density at radius 2 is 2.33 bits per heavy atom. The van der Waals surface area contributed by atoms with Crippen LogP contribution in [0.15, 0.2) is 15.5 Å². The summed E-state index contributed by atoms with van der Waals surface area (Å²) in [7, 11) is 1.26. The molecular weight excluding hydrogens is 304 g/mol. The summed E-state index contributed by atoms with van der Waals surface area (Å²) in [6, 6.07) is 0.134. The summed E-state index contributed by atoms with van der Waals surface area (Å²) >= 11 is 3.23. The molecule has 2 N–H and O–H groups in total. The molecule has 0 atom stereocenters. The lowest BCUT2D eigenvalue weighted by atomic mass is 10.1. The summed E-state index contributed by atoms with van der Waals surface area (Å²) in [4.78, 5) is 25.0. The van der Waals surface area contributed by atoms with E-state index in [0.29, 0.717) is 23.2 Å². The number of ether oxygens (including phenoxy) is 1. The Kier molecular flexibility index (Phi) is 3.67. The summed E-state index contributed by atoms with van der Waals surface area (Å²) < 4.78 is 5.93. The number of hydrogen-bond acceptors (Lipinski definition) is 6. The molecule has 2 heterocycles. The molecule has 1 fully saturated rings. The van der Waals surface area contributed by atoms with Crippen molar-refractivity contribution in [2.24, 2.45) is 5.73 Å². The van der Waals surface area contributed by atoms with E-state index in [1.807, 2.05) is 4.90 Å². The number of aromatic nitrogens is 2. The zero-order chi connectivity index (χ0) is 13.3. The number of carbonyl (C=O) groups is 1. The summed E-state index contributed by atoms with van der Waals surface area (Å²) in [5.74, 6) is -0.518. The number of esters is 1. The molecule has 0 saturated carbocycles. The van der Waals surface area contributed by atoms with E-state index in [1.54, 1.807) is 6.20 Å². The molecule has 18 heavy (non-hydrogen) atoms. The molecule has 2 rings (SSSR count). The van der Waals surface area contributed by atoms with Crippen molar-refractivity contribution in [2.75, 3.05) is 25.1 Å². The lowest BCUT2D eigenvalue weighted by Crippen LogP contribution is -2.56. The first kappa shape index (κ1) is 13.0. The largest absolute Gasteiger partial charge is 0.468 e. The van der Waals surface area contributed by atoms with Gasteiger partial charge in [0.25, 0.3) is 5.56 Å². The zero-order valence-electron chi connectivity index (χ0n) is 9.80. The summed E-state index contributed by atoms with van der Waals surface area (Å²) in [6.07, 6.45) is 1.54. The highest BCUT2D eigenvalue weighted by Gasteiger charge is 2.26. The minimum absolute atomic E-state index is 0.134. The topological polar surface area (TPSA) is 90.5 Å². The van der Waals surface area contributed by atoms with E-state index in [0.717, 1.165) is 4.68 Å². The minimum atomic E-state index is -0.518. The van der Waals surface area contributed by atoms with Gasteiger partial charge < -0.3 is 15.4 Å². The third kappa shape index (κ3) is 2.39. The van der Waals surface area contributed by atoms with Crippen LogP contribution in [0.25, 0.3) is 0 Å². The van der Waals surface area contributed by atoms with Gasteiger partial charge >= 0.3 is 5.97 Å². The van der Waals surface area contributed by atoms with E-state index in [1.165, 1.54) is 7.11 Å². The molecule has 1 aromatic heterocycles. The van der Waals surface area contributed by atoms with Crippen LogP contribution in [0.5, 0.6) is 0 Å². The fourth-order valence-corrected chi connectivity index (χ4v) is 2.24. The van der Waals surface area contributed by atoms with Crippen molar-refractivity contribution in [3.8, 4) is 0 Å². The normalized spacial score (nSPS) is 15.4. The summed E-state index contributed by atoms with van der Waals surface area (Å²) in [6.45, 7) is 1.19. The second-order valence-electron chi connectivity index (χ2n) is 4.05. The van der Waals surface area contributed by atoms with Crippen LogP contribution in [-0.4, -0.2) is 42.0 Å². The van der Waals surface area contributed by atoms with Crippen molar-refractivity contribution in [3.63, 3.8) is 0 Å². The second kappa shape index (κ2) is 5.07. The molecule has 0 unspecified atom stereocenters. The van der Waals surface area contributed by atoms with E-state index in [-0.39, 0.29) is 18.1 Å². The number of hydrogen-bond donors (Lipinski definition) is 1. The molecular formula is C10H13BrN4O3. The number of rotatable bonds is 3. The lowest BCUT2D eigenvalue weighted by molar-refractivity contribution is -0.141. The average Bonchev–Trinajstić information content (AvgIpc) is 2.32. The van der Waals surface area contributed by atoms with E-state index in [9.17, 15) is 9.59 Å². The lowest BCUT2D eigenvalue weighted by Gasteiger charge is -2.38. The van der Waals surface area contributed by atoms with Crippen molar-refractivity contribution in [2.45, 2.75) is 12.6 Å². The third-order valence-corrected chi connectivity index (χ3v) is 3.47. The maximum Gasteiger partial charge on any atom is 0.327 e. The molecule has 0 radical (unpaired) electrons. The predicted octanol–water partition coefficient (Wildman–Crippen LogP) is -0.674. The monoisotopic (exact) mass is 316 g/mol. The van der Waals surface area contributed by atoms with Gasteiger partial charge in [0.2, 0.25) is 0 Å². The van der Waals surface area contributed by atoms with Crippen molar-refractivity contribution >= 4 is 27.6 Å². The Bertz CT molecular complexity index is 524. The summed E-state index contributed by atoms with van der Waals surface area (Å²) in [5.41, 5.74) is 6.02. The smallest absolute Gasteiger partial charge is 0.327 e. The molecule has 0 amide bonds. The van der Waals surface area contributed by atoms with Gasteiger partial charge in [-0.15, -0.1) is 0 Å². The molecule has 8 heteroatoms. The molecule has 0 aromatic carbocycles. The van der Waals surface area contributed by atoms with Crippen LogP contribution in [-0.2, 0) is 16.1 Å². The molecule has 0 bridgehead atoms. The highest BCUT2D eigenvalue weighted by Crippen LogP contribution is 2.25. The third-order valence-electron chi connectivity index (χ3n) is 2.72. The van der Waals surface area contributed by atoms with Gasteiger partial charge in [-0.25, -0.2) is 4.68 Å². The standard InChI is InChI=1S/C10H13BrN4O3/c1-18-8(16)5-15-10(17)9(11)7(2-13-15)14-3-6(12)4-14/h2,6H,3-5,12H2,1H3. The molecule has 7 nitrogen and oxygen atoms in total. The molecule has 0 spiro atoms. The highest BCUT2D eigenvalue weighted by atomic mass is 79.9. The number of anilines is 1. The van der Waals surface area contributed by atoms with Crippen LogP contribution in [0.1, 0.15) is 0 Å². The Labute approximate surface area is 112 Å². The maximum atomic E-state index is 12.0. The fourth-order valence-electron chi connectivity index (χ4n) is 1.69. The molecule has 1 aromatic rings. The van der Waals surface area contributed by atoms with Gasteiger partial charge in [-0.3, -0.25) is 9.59 Å². The Hall–Kier alpha value is -1.41. The molecule has 1 saturated heterocycles. The second-order valence-corrected chi connectivity index (χ2v) is 4.84. The summed E-state index contributed by atoms with van der Waals surface area (Å²) in [5, 5.41) is 3.95. The van der Waals surface area contributed by atoms with Crippen LogP contribution in [0.2, 0.25) is 0 Å². The first-order valence-corrected chi connectivity index (χ1v) is 6.15. The Morgan fingerprint density at radius 1 is 1.67 bits per heavy atom. The van der Waals surface area contributed by atoms with Crippen LogP contribution in [0.3, 0.4) is 0 Å². The van der Waals surface area contributed by atoms with E-state index in [2.05, 4.69) is 25.8 Å². The van der Waals surface area contributed by atoms with Gasteiger partial charge in [-0.2, -0.15) is 5.10 Å². The first-order chi connectivity index (χ1) is 8.52. The van der Waals surface area contributed by atoms with Crippen LogP contribution >= 0.6 is 15.9 Å². The van der Waals surface area contributed by atoms with Gasteiger partial charge in [0, 0.05) is 19.1 Å². The van der Waals surface area contributed by atoms with Crippen molar-refractivity contribution in [1.29, 1.82) is 0 Å². The van der Waals surface area contributed by atoms with E-state index >= 15 is 0 Å². The number of nitrogens with zero attached hydrogens (tertiary/aromatic N) is 3. The van der Waals surface area contributed by atoms with Crippen LogP contribution < -0.4 is 16.2 Å². The van der Waals surface area contributed by atoms with Crippen LogP contribution in [0, 0.1) is 0 Å². The van der Waals surface area contributed by atoms with E-state index in [4.69, 9.17) is 5.73 Å². The fraction of sp³-hybridized carbons (Fsp3) is 0.500. The van der Waals surface area contributed by atoms with Gasteiger partial charge in [-0.1, -0.05) is 0 Å². The van der Waals surface area contributed by atoms with Gasteiger partial charge in [0.15, 0.2) is 0 Å². The van der Waals surface area contributed by atoms with Gasteiger partial charge in [0.05, 0.1) is 19.0 Å². The molecule has 1 aliphatic heterocycles. The zero-order valence-corrected chi connectivity index (χ0v) is 11.4. The predicted molar refractivity (Wildman–Crippen MR) is 68.4 cm³/mol. The quantitative estimate of drug-likeness (QED) is 0.743.